The van der Waals surface area contributed by atoms with Gasteiger partial charge in [-0.1, -0.05) is 175 Å². The molecule has 0 aliphatic carbocycles. The highest BCUT2D eigenvalue weighted by Crippen LogP contribution is 2.46. The van der Waals surface area contributed by atoms with Crippen LogP contribution in [-0.4, -0.2) is 13.4 Å². The Bertz CT molecular complexity index is 2880. The highest BCUT2D eigenvalue weighted by Gasteiger charge is 2.39. The molecular formula is C52H34B2N2. The molecule has 0 amide bonds. The highest BCUT2D eigenvalue weighted by atomic mass is 15.2. The maximum Gasteiger partial charge on any atom is 0.247 e. The van der Waals surface area contributed by atoms with E-state index in [1.54, 1.807) is 0 Å². The minimum absolute atomic E-state index is 0.0657. The van der Waals surface area contributed by atoms with Gasteiger partial charge in [-0.25, -0.2) is 0 Å². The van der Waals surface area contributed by atoms with Gasteiger partial charge in [0.1, 0.15) is 0 Å². The van der Waals surface area contributed by atoms with Crippen LogP contribution in [0, 0.1) is 0 Å². The van der Waals surface area contributed by atoms with E-state index in [-0.39, 0.29) is 13.4 Å². The number of para-hydroxylation sites is 4. The molecule has 0 saturated heterocycles. The van der Waals surface area contributed by atoms with Crippen LogP contribution < -0.4 is 42.6 Å². The van der Waals surface area contributed by atoms with Crippen molar-refractivity contribution in [3.8, 4) is 0 Å². The van der Waals surface area contributed by atoms with Gasteiger partial charge >= 0.3 is 0 Å². The predicted molar refractivity (Wildman–Crippen MR) is 242 cm³/mol. The largest absolute Gasteiger partial charge is 0.311 e. The molecule has 10 aromatic rings. The van der Waals surface area contributed by atoms with Crippen molar-refractivity contribution in [2.45, 2.75) is 0 Å². The van der Waals surface area contributed by atoms with Crippen LogP contribution in [0.2, 0.25) is 0 Å². The molecule has 4 heteroatoms. The first-order valence-electron chi connectivity index (χ1n) is 19.6. The molecule has 2 aliphatic rings. The summed E-state index contributed by atoms with van der Waals surface area (Å²) in [6.45, 7) is 0.159. The van der Waals surface area contributed by atoms with Crippen molar-refractivity contribution in [3.05, 3.63) is 206 Å². The quantitative estimate of drug-likeness (QED) is 0.133. The number of fused-ring (bicyclic) bond motifs is 6. The third-order valence-electron chi connectivity index (χ3n) is 12.3. The van der Waals surface area contributed by atoms with E-state index in [9.17, 15) is 0 Å². The summed E-state index contributed by atoms with van der Waals surface area (Å²) >= 11 is 0. The Morgan fingerprint density at radius 1 is 0.321 bits per heavy atom. The first-order valence-corrected chi connectivity index (χ1v) is 19.6. The van der Waals surface area contributed by atoms with Crippen LogP contribution in [0.3, 0.4) is 0 Å². The lowest BCUT2D eigenvalue weighted by atomic mass is 9.34. The number of hydrogen-bond acceptors (Lipinski definition) is 2. The Morgan fingerprint density at radius 2 is 0.786 bits per heavy atom. The zero-order valence-corrected chi connectivity index (χ0v) is 30.7. The van der Waals surface area contributed by atoms with E-state index in [1.807, 2.05) is 0 Å². The molecular weight excluding hydrogens is 674 g/mol. The minimum Gasteiger partial charge on any atom is -0.311 e. The van der Waals surface area contributed by atoms with Crippen molar-refractivity contribution < 1.29 is 0 Å². The van der Waals surface area contributed by atoms with Crippen LogP contribution in [0.4, 0.5) is 34.1 Å². The maximum atomic E-state index is 2.52. The summed E-state index contributed by atoms with van der Waals surface area (Å²) in [5.41, 5.74) is 15.2. The number of anilines is 6. The summed E-state index contributed by atoms with van der Waals surface area (Å²) in [6.07, 6.45) is 0. The summed E-state index contributed by atoms with van der Waals surface area (Å²) in [6, 6.07) is 76.5. The molecule has 12 rings (SSSR count). The molecule has 0 atom stereocenters. The lowest BCUT2D eigenvalue weighted by molar-refractivity contribution is 1.30. The number of nitrogens with zero attached hydrogens (tertiary/aromatic N) is 2. The lowest BCUT2D eigenvalue weighted by Gasteiger charge is -2.39. The van der Waals surface area contributed by atoms with Crippen molar-refractivity contribution in [1.82, 2.24) is 0 Å². The first kappa shape index (κ1) is 31.3. The lowest BCUT2D eigenvalue weighted by Crippen LogP contribution is -2.57. The Morgan fingerprint density at radius 3 is 1.43 bits per heavy atom. The smallest absolute Gasteiger partial charge is 0.247 e. The van der Waals surface area contributed by atoms with E-state index >= 15 is 0 Å². The van der Waals surface area contributed by atoms with Gasteiger partial charge in [0.25, 0.3) is 0 Å². The molecule has 2 aliphatic heterocycles. The SMILES string of the molecule is c1ccc(B2c3ccccc3N(c3ccccc3)c3c2cc2ccc4c5c(cc6ccc3c2c64)N(c2ccccc2)c2ccccc2B5c2ccccc2)cc1. The fourth-order valence-corrected chi connectivity index (χ4v) is 10.1. The van der Waals surface area contributed by atoms with E-state index in [0.717, 1.165) is 0 Å². The fraction of sp³-hybridized carbons (Fsp3) is 0. The van der Waals surface area contributed by atoms with Gasteiger partial charge < -0.3 is 9.80 Å². The maximum absolute atomic E-state index is 2.52. The number of hydrogen-bond donors (Lipinski definition) is 0. The van der Waals surface area contributed by atoms with E-state index in [1.165, 1.54) is 99.2 Å². The molecule has 0 unspecified atom stereocenters. The minimum atomic E-state index is 0.0657. The summed E-state index contributed by atoms with van der Waals surface area (Å²) in [7, 11) is 0. The van der Waals surface area contributed by atoms with Crippen molar-refractivity contribution in [2.24, 2.45) is 0 Å². The van der Waals surface area contributed by atoms with Crippen molar-refractivity contribution in [3.63, 3.8) is 0 Å². The number of rotatable bonds is 4. The van der Waals surface area contributed by atoms with Crippen LogP contribution in [0.25, 0.3) is 32.3 Å². The van der Waals surface area contributed by atoms with Crippen molar-refractivity contribution in [1.29, 1.82) is 0 Å². The molecule has 2 nitrogen and oxygen atoms in total. The van der Waals surface area contributed by atoms with Gasteiger partial charge in [0, 0.05) is 39.5 Å². The van der Waals surface area contributed by atoms with Gasteiger partial charge in [0.05, 0.1) is 0 Å². The van der Waals surface area contributed by atoms with Gasteiger partial charge in [-0.05, 0) is 91.2 Å². The Hall–Kier alpha value is -7.03. The standard InChI is InChI=1S/C52H34B2N2/c1-5-17-37(18-6-1)53-43-25-13-16-28-47(43)56(40-23-11-4-12-24-40)52-42-32-30-36-34-48-51(41-31-29-35(33-45(52)53)50(42)49(36)41)54(38-19-7-2-8-20-38)44-26-14-15-27-46(44)55(48)39-21-9-3-10-22-39/h1-34H. The molecule has 0 aromatic heterocycles. The highest BCUT2D eigenvalue weighted by molar-refractivity contribution is 7.00. The van der Waals surface area contributed by atoms with Crippen LogP contribution in [0.1, 0.15) is 0 Å². The Kier molecular flexibility index (Phi) is 6.85. The molecule has 0 radical (unpaired) electrons. The second-order valence-electron chi connectivity index (χ2n) is 15.2. The molecule has 2 heterocycles. The third kappa shape index (κ3) is 4.47. The van der Waals surface area contributed by atoms with Crippen LogP contribution in [0.5, 0.6) is 0 Å². The fourth-order valence-electron chi connectivity index (χ4n) is 10.1. The molecule has 0 N–H and O–H groups in total. The predicted octanol–water partition coefficient (Wildman–Crippen LogP) is 9.18. The molecule has 0 fully saturated rings. The zero-order chi connectivity index (χ0) is 36.7. The van der Waals surface area contributed by atoms with Gasteiger partial charge in [0.2, 0.25) is 13.4 Å². The van der Waals surface area contributed by atoms with Crippen molar-refractivity contribution in [2.75, 3.05) is 9.80 Å². The average Bonchev–Trinajstić information content (AvgIpc) is 3.27. The number of benzene rings is 10. The van der Waals surface area contributed by atoms with E-state index in [4.69, 9.17) is 0 Å². The van der Waals surface area contributed by atoms with Gasteiger partial charge in [-0.3, -0.25) is 0 Å². The molecule has 0 bridgehead atoms. The first-order chi connectivity index (χ1) is 27.8. The van der Waals surface area contributed by atoms with Gasteiger partial charge in [-0.2, -0.15) is 0 Å². The Balaban J connectivity index is 1.21. The van der Waals surface area contributed by atoms with Crippen LogP contribution >= 0.6 is 0 Å². The molecule has 10 aromatic carbocycles. The van der Waals surface area contributed by atoms with E-state index in [2.05, 4.69) is 216 Å². The van der Waals surface area contributed by atoms with Crippen LogP contribution in [-0.2, 0) is 0 Å². The summed E-state index contributed by atoms with van der Waals surface area (Å²) in [5, 5.41) is 7.77. The molecule has 258 valence electrons. The van der Waals surface area contributed by atoms with E-state index in [0.29, 0.717) is 0 Å². The normalized spacial score (nSPS) is 13.2. The zero-order valence-electron chi connectivity index (χ0n) is 30.7. The summed E-state index contributed by atoms with van der Waals surface area (Å²) in [4.78, 5) is 5.00. The monoisotopic (exact) mass is 708 g/mol. The van der Waals surface area contributed by atoms with Gasteiger partial charge in [0.15, 0.2) is 0 Å². The average molecular weight is 708 g/mol. The van der Waals surface area contributed by atoms with Crippen LogP contribution in [0.15, 0.2) is 206 Å². The topological polar surface area (TPSA) is 6.48 Å². The van der Waals surface area contributed by atoms with Crippen molar-refractivity contribution >= 4 is 113 Å². The van der Waals surface area contributed by atoms with E-state index < -0.39 is 0 Å². The third-order valence-corrected chi connectivity index (χ3v) is 12.3. The summed E-state index contributed by atoms with van der Waals surface area (Å²) < 4.78 is 0. The second kappa shape index (κ2) is 12.2. The summed E-state index contributed by atoms with van der Waals surface area (Å²) in [5.74, 6) is 0. The Labute approximate surface area is 327 Å². The molecule has 56 heavy (non-hydrogen) atoms. The van der Waals surface area contributed by atoms with Gasteiger partial charge in [-0.15, -0.1) is 0 Å². The molecule has 0 saturated carbocycles. The molecule has 0 spiro atoms. The second-order valence-corrected chi connectivity index (χ2v) is 15.2.